The first-order valence-corrected chi connectivity index (χ1v) is 23.0. The maximum atomic E-state index is 14.7. The monoisotopic (exact) mass is 848 g/mol. The minimum Gasteiger partial charge on any atom is -0.497 e. The van der Waals surface area contributed by atoms with Crippen molar-refractivity contribution in [1.82, 2.24) is 30.2 Å². The molecule has 8 rings (SSSR count). The van der Waals surface area contributed by atoms with Crippen molar-refractivity contribution in [2.75, 3.05) is 13.7 Å². The number of hydrogen-bond donors (Lipinski definition) is 3. The average Bonchev–Trinajstić information content (AvgIpc) is 4.00. The van der Waals surface area contributed by atoms with Gasteiger partial charge in [0.15, 0.2) is 0 Å². The minimum atomic E-state index is -3.91. The molecular formula is C42H52N6O9S2. The molecule has 1 saturated heterocycles. The molecule has 2 aliphatic heterocycles. The molecule has 3 N–H and O–H groups in total. The predicted molar refractivity (Wildman–Crippen MR) is 220 cm³/mol. The van der Waals surface area contributed by atoms with E-state index in [4.69, 9.17) is 24.2 Å². The fraction of sp³-hybridized carbons (Fsp3) is 0.571. The highest BCUT2D eigenvalue weighted by molar-refractivity contribution is 7.91. The van der Waals surface area contributed by atoms with Crippen molar-refractivity contribution in [3.63, 3.8) is 0 Å². The molecule has 5 aliphatic rings. The van der Waals surface area contributed by atoms with Gasteiger partial charge in [-0.2, -0.15) is 0 Å². The van der Waals surface area contributed by atoms with E-state index >= 15 is 0 Å². The summed E-state index contributed by atoms with van der Waals surface area (Å²) < 4.78 is 45.9. The van der Waals surface area contributed by atoms with Crippen LogP contribution in [0, 0.1) is 5.92 Å². The number of fused-ring (bicyclic) bond motifs is 4. The van der Waals surface area contributed by atoms with E-state index in [1.807, 2.05) is 36.4 Å². The number of allylic oxidation sites excluding steroid dienone is 1. The molecule has 2 saturated carbocycles. The molecule has 3 aromatic rings. The van der Waals surface area contributed by atoms with Crippen molar-refractivity contribution in [1.29, 1.82) is 0 Å². The third kappa shape index (κ3) is 8.91. The number of hydrogen-bond acceptors (Lipinski definition) is 12. The van der Waals surface area contributed by atoms with Crippen molar-refractivity contribution < 1.29 is 41.8 Å². The van der Waals surface area contributed by atoms with Crippen LogP contribution in [0.25, 0.3) is 21.6 Å². The van der Waals surface area contributed by atoms with Crippen LogP contribution in [0.4, 0.5) is 4.79 Å². The van der Waals surface area contributed by atoms with E-state index < -0.39 is 74.3 Å². The maximum Gasteiger partial charge on any atom is 0.408 e. The summed E-state index contributed by atoms with van der Waals surface area (Å²) in [6, 6.07) is 5.20. The van der Waals surface area contributed by atoms with Crippen LogP contribution in [0.2, 0.25) is 0 Å². The molecule has 0 bridgehead atoms. The van der Waals surface area contributed by atoms with Crippen LogP contribution in [0.3, 0.4) is 0 Å². The Balaban J connectivity index is 1.13. The SMILES string of the molecule is COc1ccc2c(OC3CC4C(=O)NC5(C(=O)NS(=O)(=O)C6CC6)CC5C=CCCCCCC(NC(=O)OC(C)(C)C)C(=O)N4C3)cc(-c3nc4c(s3)CCC4)nc2c1. The number of carbonyl (C=O) groups is 4. The second-order valence-corrected chi connectivity index (χ2v) is 20.4. The predicted octanol–water partition coefficient (Wildman–Crippen LogP) is 5.10. The first-order chi connectivity index (χ1) is 28.1. The van der Waals surface area contributed by atoms with Gasteiger partial charge < -0.3 is 29.7 Å². The Hall–Kier alpha value is -4.77. The highest BCUT2D eigenvalue weighted by Crippen LogP contribution is 2.46. The summed E-state index contributed by atoms with van der Waals surface area (Å²) in [5, 5.41) is 6.53. The second kappa shape index (κ2) is 16.0. The lowest BCUT2D eigenvalue weighted by Crippen LogP contribution is -2.58. The number of ether oxygens (including phenoxy) is 3. The smallest absolute Gasteiger partial charge is 0.408 e. The number of benzene rings is 1. The van der Waals surface area contributed by atoms with E-state index in [-0.39, 0.29) is 19.4 Å². The number of carbonyl (C=O) groups excluding carboxylic acids is 4. The lowest BCUT2D eigenvalue weighted by atomic mass is 10.0. The molecule has 3 aliphatic carbocycles. The molecule has 59 heavy (non-hydrogen) atoms. The fourth-order valence-electron chi connectivity index (χ4n) is 8.29. The van der Waals surface area contributed by atoms with E-state index in [0.29, 0.717) is 60.2 Å². The molecule has 3 fully saturated rings. The Morgan fingerprint density at radius 1 is 1.03 bits per heavy atom. The minimum absolute atomic E-state index is 0.0111. The van der Waals surface area contributed by atoms with Gasteiger partial charge in [-0.1, -0.05) is 25.0 Å². The highest BCUT2D eigenvalue weighted by atomic mass is 32.2. The van der Waals surface area contributed by atoms with Gasteiger partial charge in [-0.05, 0) is 90.7 Å². The van der Waals surface area contributed by atoms with Gasteiger partial charge in [0.25, 0.3) is 5.91 Å². The number of thiazole rings is 1. The summed E-state index contributed by atoms with van der Waals surface area (Å²) in [5.41, 5.74) is 0.0132. The first-order valence-electron chi connectivity index (χ1n) is 20.6. The summed E-state index contributed by atoms with van der Waals surface area (Å²) in [6.45, 7) is 5.20. The zero-order valence-corrected chi connectivity index (χ0v) is 35.5. The van der Waals surface area contributed by atoms with Crippen LogP contribution >= 0.6 is 11.3 Å². The van der Waals surface area contributed by atoms with E-state index in [2.05, 4.69) is 15.4 Å². The molecule has 5 atom stereocenters. The molecule has 2 aromatic heterocycles. The average molecular weight is 849 g/mol. The number of nitrogens with one attached hydrogen (secondary N) is 3. The quantitative estimate of drug-likeness (QED) is 0.255. The summed E-state index contributed by atoms with van der Waals surface area (Å²) in [6.07, 6.45) is 9.73. The Kier molecular flexibility index (Phi) is 11.1. The van der Waals surface area contributed by atoms with Crippen molar-refractivity contribution in [2.24, 2.45) is 5.92 Å². The van der Waals surface area contributed by atoms with Crippen molar-refractivity contribution in [2.45, 2.75) is 132 Å². The van der Waals surface area contributed by atoms with Crippen LogP contribution in [-0.4, -0.2) is 95.3 Å². The number of amides is 4. The summed E-state index contributed by atoms with van der Waals surface area (Å²) in [5.74, 6) is -1.23. The van der Waals surface area contributed by atoms with Gasteiger partial charge in [-0.3, -0.25) is 19.1 Å². The fourth-order valence-corrected chi connectivity index (χ4v) is 10.8. The molecule has 0 spiro atoms. The highest BCUT2D eigenvalue weighted by Gasteiger charge is 2.62. The summed E-state index contributed by atoms with van der Waals surface area (Å²) in [4.78, 5) is 68.8. The zero-order valence-electron chi connectivity index (χ0n) is 33.9. The van der Waals surface area contributed by atoms with Gasteiger partial charge in [0, 0.05) is 34.7 Å². The van der Waals surface area contributed by atoms with Gasteiger partial charge in [0.2, 0.25) is 21.8 Å². The number of aromatic nitrogens is 2. The molecule has 4 amide bonds. The first kappa shape index (κ1) is 41.0. The Labute approximate surface area is 348 Å². The number of aryl methyl sites for hydroxylation is 2. The number of pyridine rings is 1. The van der Waals surface area contributed by atoms with Crippen molar-refractivity contribution in [3.8, 4) is 22.2 Å². The molecule has 1 aromatic carbocycles. The third-order valence-corrected chi connectivity index (χ3v) is 14.6. The molecular weight excluding hydrogens is 797 g/mol. The lowest BCUT2D eigenvalue weighted by Gasteiger charge is -2.30. The van der Waals surface area contributed by atoms with E-state index in [0.717, 1.165) is 42.8 Å². The standard InChI is InChI=1S/C42H52N6O9S2/c1-41(2,3)57-40(52)45-30-12-9-7-5-6-8-11-24-22-42(24,39(51)47-59(53,54)27-16-17-27)46-36(49)33-20-26(23-48(33)38(30)50)56-34-21-32(37-44-29-13-10-14-35(29)58-37)43-31-19-25(55-4)15-18-28(31)34/h8,11,15,18-19,21,24,26-27,30,33H,5-7,9-10,12-14,16-17,20,22-23H2,1-4H3,(H,45,52)(H,46,49)(H,47,51). The lowest BCUT2D eigenvalue weighted by molar-refractivity contribution is -0.141. The number of alkyl carbamates (subject to hydrolysis) is 1. The van der Waals surface area contributed by atoms with E-state index in [1.54, 1.807) is 39.2 Å². The van der Waals surface area contributed by atoms with Crippen LogP contribution in [0.1, 0.15) is 95.6 Å². The van der Waals surface area contributed by atoms with Gasteiger partial charge >= 0.3 is 6.09 Å². The van der Waals surface area contributed by atoms with E-state index in [9.17, 15) is 27.6 Å². The van der Waals surface area contributed by atoms with Gasteiger partial charge in [0.1, 0.15) is 51.5 Å². The summed E-state index contributed by atoms with van der Waals surface area (Å²) in [7, 11) is -2.32. The summed E-state index contributed by atoms with van der Waals surface area (Å²) >= 11 is 1.61. The molecule has 4 heterocycles. The van der Waals surface area contributed by atoms with Crippen LogP contribution < -0.4 is 24.8 Å². The van der Waals surface area contributed by atoms with Gasteiger partial charge in [-0.15, -0.1) is 11.3 Å². The number of nitrogens with zero attached hydrogens (tertiary/aromatic N) is 3. The van der Waals surface area contributed by atoms with Gasteiger partial charge in [0.05, 0.1) is 30.1 Å². The largest absolute Gasteiger partial charge is 0.497 e. The Morgan fingerprint density at radius 2 is 1.85 bits per heavy atom. The zero-order chi connectivity index (χ0) is 41.7. The molecule has 0 radical (unpaired) electrons. The maximum absolute atomic E-state index is 14.7. The van der Waals surface area contributed by atoms with Crippen molar-refractivity contribution >= 4 is 56.1 Å². The number of rotatable bonds is 8. The Bertz CT molecular complexity index is 2280. The third-order valence-electron chi connectivity index (χ3n) is 11.6. The van der Waals surface area contributed by atoms with Crippen molar-refractivity contribution in [3.05, 3.63) is 47.0 Å². The van der Waals surface area contributed by atoms with Gasteiger partial charge in [-0.25, -0.2) is 23.2 Å². The van der Waals surface area contributed by atoms with Crippen LogP contribution in [-0.2, 0) is 42.0 Å². The van der Waals surface area contributed by atoms with Crippen LogP contribution in [0.5, 0.6) is 11.5 Å². The van der Waals surface area contributed by atoms with Crippen LogP contribution in [0.15, 0.2) is 36.4 Å². The second-order valence-electron chi connectivity index (χ2n) is 17.3. The topological polar surface area (TPSA) is 195 Å². The number of sulfonamides is 1. The molecule has 17 heteroatoms. The van der Waals surface area contributed by atoms with E-state index in [1.165, 1.54) is 9.78 Å². The molecule has 15 nitrogen and oxygen atoms in total. The normalized spacial score (nSPS) is 26.1. The molecule has 316 valence electrons. The molecule has 5 unspecified atom stereocenters. The number of methoxy groups -OCH3 is 1. The Morgan fingerprint density at radius 3 is 2.59 bits per heavy atom.